The first-order chi connectivity index (χ1) is 37.3. The van der Waals surface area contributed by atoms with Crippen molar-refractivity contribution in [3.63, 3.8) is 0 Å². The van der Waals surface area contributed by atoms with Crippen molar-refractivity contribution in [3.05, 3.63) is 261 Å². The molecular formula is C68H43N7. The molecule has 11 aromatic carbocycles. The Labute approximate surface area is 430 Å². The number of hydrogen-bond donors (Lipinski definition) is 0. The maximum atomic E-state index is 5.56. The molecule has 0 radical (unpaired) electrons. The SMILES string of the molecule is c1ccc(-c2nnc(-c3c(-n4c5ccccc5c5ccccc54)c(-n4c5ccccc5c5ccccc54)cc(-n4c5ccccc5c5ccccc54)c3-n3c4ccccc4c4ccccc43)n2-c2ccccc2)cc1. The first-order valence-corrected chi connectivity index (χ1v) is 25.5. The van der Waals surface area contributed by atoms with Crippen LogP contribution in [-0.2, 0) is 0 Å². The van der Waals surface area contributed by atoms with Crippen LogP contribution >= 0.6 is 0 Å². The van der Waals surface area contributed by atoms with Crippen molar-refractivity contribution >= 4 is 87.2 Å². The van der Waals surface area contributed by atoms with Gasteiger partial charge in [-0.15, -0.1) is 10.2 Å². The predicted molar refractivity (Wildman–Crippen MR) is 310 cm³/mol. The summed E-state index contributed by atoms with van der Waals surface area (Å²) >= 11 is 0. The molecule has 7 nitrogen and oxygen atoms in total. The number of fused-ring (bicyclic) bond motifs is 12. The molecule has 0 atom stereocenters. The van der Waals surface area contributed by atoms with Crippen molar-refractivity contribution in [2.24, 2.45) is 0 Å². The maximum absolute atomic E-state index is 5.56. The Kier molecular flexibility index (Phi) is 8.90. The van der Waals surface area contributed by atoms with Crippen molar-refractivity contribution in [1.82, 2.24) is 33.0 Å². The van der Waals surface area contributed by atoms with Gasteiger partial charge in [0.25, 0.3) is 0 Å². The third-order valence-corrected chi connectivity index (χ3v) is 15.4. The van der Waals surface area contributed by atoms with E-state index in [2.05, 4.69) is 284 Å². The molecule has 0 fully saturated rings. The fourth-order valence-electron chi connectivity index (χ4n) is 12.4. The van der Waals surface area contributed by atoms with E-state index in [1.807, 2.05) is 0 Å². The minimum Gasteiger partial charge on any atom is -0.307 e. The Hall–Kier alpha value is -10.2. The highest BCUT2D eigenvalue weighted by atomic mass is 15.3. The molecule has 5 aromatic heterocycles. The summed E-state index contributed by atoms with van der Waals surface area (Å²) < 4.78 is 12.3. The van der Waals surface area contributed by atoms with Crippen LogP contribution in [0, 0.1) is 0 Å². The van der Waals surface area contributed by atoms with Gasteiger partial charge in [0.2, 0.25) is 0 Å². The zero-order valence-electron chi connectivity index (χ0n) is 40.5. The third-order valence-electron chi connectivity index (χ3n) is 15.4. The molecule has 16 rings (SSSR count). The smallest absolute Gasteiger partial charge is 0.173 e. The molecule has 7 heteroatoms. The monoisotopic (exact) mass is 957 g/mol. The molecule has 0 saturated heterocycles. The molecule has 0 unspecified atom stereocenters. The second-order valence-electron chi connectivity index (χ2n) is 19.4. The summed E-state index contributed by atoms with van der Waals surface area (Å²) in [6, 6.07) is 94.3. The standard InChI is InChI=1S/C68H43N7/c1-3-23-44(24-4-1)67-69-70-68(71(67)45-25-5-2-6-26-45)64-65(74-58-39-19-11-31-50(58)51-32-12-20-40-59(51)74)62(72-54-35-15-7-27-46(54)47-28-8-16-36-55(47)72)43-63(73-56-37-17-9-29-48(56)49-30-10-18-38-57(49)73)66(64)75-60-41-21-13-33-52(60)53-34-14-22-42-61(53)75/h1-43H. The largest absolute Gasteiger partial charge is 0.307 e. The van der Waals surface area contributed by atoms with Crippen LogP contribution in [0.1, 0.15) is 0 Å². The second kappa shape index (κ2) is 16.1. The van der Waals surface area contributed by atoms with Gasteiger partial charge in [-0.2, -0.15) is 0 Å². The molecule has 16 aromatic rings. The van der Waals surface area contributed by atoms with E-state index in [-0.39, 0.29) is 0 Å². The second-order valence-corrected chi connectivity index (χ2v) is 19.4. The van der Waals surface area contributed by atoms with Crippen LogP contribution in [-0.4, -0.2) is 33.0 Å². The van der Waals surface area contributed by atoms with E-state index >= 15 is 0 Å². The van der Waals surface area contributed by atoms with Gasteiger partial charge in [-0.1, -0.05) is 194 Å². The van der Waals surface area contributed by atoms with E-state index < -0.39 is 0 Å². The molecule has 0 saturated carbocycles. The molecule has 0 spiro atoms. The molecule has 0 N–H and O–H groups in total. The van der Waals surface area contributed by atoms with Gasteiger partial charge in [-0.25, -0.2) is 0 Å². The van der Waals surface area contributed by atoms with Gasteiger partial charge in [0.15, 0.2) is 11.6 Å². The summed E-state index contributed by atoms with van der Waals surface area (Å²) in [5, 5.41) is 20.2. The minimum atomic E-state index is 0.693. The predicted octanol–water partition coefficient (Wildman–Crippen LogP) is 17.0. The maximum Gasteiger partial charge on any atom is 0.173 e. The van der Waals surface area contributed by atoms with E-state index in [9.17, 15) is 0 Å². The normalized spacial score (nSPS) is 12.0. The summed E-state index contributed by atoms with van der Waals surface area (Å²) in [6.45, 7) is 0. The third kappa shape index (κ3) is 5.92. The zero-order valence-corrected chi connectivity index (χ0v) is 40.5. The first kappa shape index (κ1) is 41.4. The first-order valence-electron chi connectivity index (χ1n) is 25.5. The van der Waals surface area contributed by atoms with Crippen LogP contribution in [0.15, 0.2) is 261 Å². The van der Waals surface area contributed by atoms with E-state index in [1.54, 1.807) is 0 Å². The van der Waals surface area contributed by atoms with Crippen molar-refractivity contribution in [2.75, 3.05) is 0 Å². The van der Waals surface area contributed by atoms with Gasteiger partial charge in [0, 0.05) is 54.3 Å². The molecule has 0 aliphatic carbocycles. The van der Waals surface area contributed by atoms with Crippen molar-refractivity contribution < 1.29 is 0 Å². The van der Waals surface area contributed by atoms with Gasteiger partial charge >= 0.3 is 0 Å². The summed E-state index contributed by atoms with van der Waals surface area (Å²) in [7, 11) is 0. The van der Waals surface area contributed by atoms with Crippen LogP contribution in [0.3, 0.4) is 0 Å². The van der Waals surface area contributed by atoms with Crippen LogP contribution in [0.5, 0.6) is 0 Å². The van der Waals surface area contributed by atoms with E-state index in [4.69, 9.17) is 10.2 Å². The van der Waals surface area contributed by atoms with Crippen molar-refractivity contribution in [3.8, 4) is 51.2 Å². The van der Waals surface area contributed by atoms with Crippen LogP contribution < -0.4 is 0 Å². The summed E-state index contributed by atoms with van der Waals surface area (Å²) in [6.07, 6.45) is 0. The number of para-hydroxylation sites is 9. The summed E-state index contributed by atoms with van der Waals surface area (Å²) in [4.78, 5) is 0. The molecule has 5 heterocycles. The summed E-state index contributed by atoms with van der Waals surface area (Å²) in [5.74, 6) is 1.43. The number of rotatable bonds is 7. The molecular weight excluding hydrogens is 915 g/mol. The van der Waals surface area contributed by atoms with E-state index in [0.717, 1.165) is 111 Å². The lowest BCUT2D eigenvalue weighted by Gasteiger charge is -2.27. The fourth-order valence-corrected chi connectivity index (χ4v) is 12.4. The van der Waals surface area contributed by atoms with Crippen LogP contribution in [0.2, 0.25) is 0 Å². The highest BCUT2D eigenvalue weighted by Crippen LogP contribution is 2.50. The molecule has 350 valence electrons. The lowest BCUT2D eigenvalue weighted by atomic mass is 10.0. The van der Waals surface area contributed by atoms with Gasteiger partial charge in [-0.05, 0) is 66.7 Å². The average molecular weight is 958 g/mol. The van der Waals surface area contributed by atoms with Gasteiger partial charge in [0.05, 0.1) is 72.4 Å². The van der Waals surface area contributed by atoms with Gasteiger partial charge < -0.3 is 18.3 Å². The fraction of sp³-hybridized carbons (Fsp3) is 0. The van der Waals surface area contributed by atoms with Crippen LogP contribution in [0.25, 0.3) is 138 Å². The Morgan fingerprint density at radius 3 is 0.827 bits per heavy atom. The van der Waals surface area contributed by atoms with Gasteiger partial charge in [-0.3, -0.25) is 4.57 Å². The highest BCUT2D eigenvalue weighted by Gasteiger charge is 2.34. The molecule has 0 aliphatic rings. The van der Waals surface area contributed by atoms with Crippen molar-refractivity contribution in [1.29, 1.82) is 0 Å². The quantitative estimate of drug-likeness (QED) is 0.160. The number of nitrogens with zero attached hydrogens (tertiary/aromatic N) is 7. The summed E-state index contributed by atoms with van der Waals surface area (Å²) in [5.41, 5.74) is 15.4. The van der Waals surface area contributed by atoms with E-state index in [0.29, 0.717) is 5.82 Å². The topological polar surface area (TPSA) is 50.4 Å². The molecule has 75 heavy (non-hydrogen) atoms. The number of aromatic nitrogens is 7. The van der Waals surface area contributed by atoms with Crippen LogP contribution in [0.4, 0.5) is 0 Å². The minimum absolute atomic E-state index is 0.693. The average Bonchev–Trinajstić information content (AvgIpc) is 4.31. The van der Waals surface area contributed by atoms with Gasteiger partial charge in [0.1, 0.15) is 0 Å². The molecule has 0 amide bonds. The Morgan fingerprint density at radius 1 is 0.227 bits per heavy atom. The number of benzene rings is 11. The Bertz CT molecular complexity index is 4490. The van der Waals surface area contributed by atoms with E-state index in [1.165, 1.54) is 21.5 Å². The highest BCUT2D eigenvalue weighted by molar-refractivity contribution is 6.16. The zero-order chi connectivity index (χ0) is 49.1. The molecule has 0 aliphatic heterocycles. The molecule has 0 bridgehead atoms. The lowest BCUT2D eigenvalue weighted by Crippen LogP contribution is -2.15. The number of hydrogen-bond acceptors (Lipinski definition) is 2. The lowest BCUT2D eigenvalue weighted by molar-refractivity contribution is 1.01. The van der Waals surface area contributed by atoms with Crippen molar-refractivity contribution in [2.45, 2.75) is 0 Å². The Morgan fingerprint density at radius 2 is 0.493 bits per heavy atom. The Balaban J connectivity index is 1.25.